The van der Waals surface area contributed by atoms with Gasteiger partial charge in [0, 0.05) is 30.5 Å². The molecule has 1 amide bonds. The summed E-state index contributed by atoms with van der Waals surface area (Å²) in [5.41, 5.74) is 1.39. The van der Waals surface area contributed by atoms with Crippen molar-refractivity contribution < 1.29 is 9.90 Å². The molecule has 26 heavy (non-hydrogen) atoms. The first-order valence-electron chi connectivity index (χ1n) is 8.78. The Labute approximate surface area is 152 Å². The second kappa shape index (κ2) is 6.99. The molecule has 3 rings (SSSR count). The summed E-state index contributed by atoms with van der Waals surface area (Å²) in [5.74, 6) is 0.417. The highest BCUT2D eigenvalue weighted by Gasteiger charge is 2.36. The van der Waals surface area contributed by atoms with Gasteiger partial charge in [-0.2, -0.15) is 0 Å². The predicted octanol–water partition coefficient (Wildman–Crippen LogP) is 1.14. The molecule has 0 unspecified atom stereocenters. The van der Waals surface area contributed by atoms with Crippen molar-refractivity contribution in [3.8, 4) is 0 Å². The SMILES string of the molecule is Cc1ccc(C2(O)CCN(C(=O)Cc3c(C)nc(C)[nH]c3=O)CC2)nc1. The molecule has 0 saturated carbocycles. The molecule has 7 nitrogen and oxygen atoms in total. The molecule has 138 valence electrons. The predicted molar refractivity (Wildman–Crippen MR) is 96.7 cm³/mol. The van der Waals surface area contributed by atoms with Gasteiger partial charge in [0.05, 0.1) is 12.1 Å². The lowest BCUT2D eigenvalue weighted by atomic mass is 9.87. The van der Waals surface area contributed by atoms with Crippen molar-refractivity contribution in [2.45, 2.75) is 45.6 Å². The fraction of sp³-hybridized carbons (Fsp3) is 0.474. The number of nitrogens with one attached hydrogen (secondary N) is 1. The number of hydrogen-bond acceptors (Lipinski definition) is 5. The Morgan fingerprint density at radius 1 is 1.27 bits per heavy atom. The highest BCUT2D eigenvalue weighted by Crippen LogP contribution is 2.31. The van der Waals surface area contributed by atoms with Crippen molar-refractivity contribution in [3.63, 3.8) is 0 Å². The Bertz CT molecular complexity index is 865. The molecule has 0 radical (unpaired) electrons. The van der Waals surface area contributed by atoms with Crippen molar-refractivity contribution in [1.29, 1.82) is 0 Å². The minimum Gasteiger partial charge on any atom is -0.383 e. The molecule has 0 spiro atoms. The summed E-state index contributed by atoms with van der Waals surface area (Å²) in [5, 5.41) is 10.9. The molecule has 1 aliphatic heterocycles. The van der Waals surface area contributed by atoms with E-state index in [0.717, 1.165) is 5.56 Å². The maximum absolute atomic E-state index is 12.6. The quantitative estimate of drug-likeness (QED) is 0.859. The van der Waals surface area contributed by atoms with Gasteiger partial charge in [0.15, 0.2) is 0 Å². The lowest BCUT2D eigenvalue weighted by Gasteiger charge is -2.38. The van der Waals surface area contributed by atoms with E-state index in [9.17, 15) is 14.7 Å². The number of aromatic nitrogens is 3. The topological polar surface area (TPSA) is 99.2 Å². The number of aliphatic hydroxyl groups is 1. The van der Waals surface area contributed by atoms with Crippen molar-refractivity contribution in [1.82, 2.24) is 19.9 Å². The normalized spacial score (nSPS) is 16.5. The largest absolute Gasteiger partial charge is 0.383 e. The van der Waals surface area contributed by atoms with Gasteiger partial charge in [-0.1, -0.05) is 6.07 Å². The van der Waals surface area contributed by atoms with Crippen molar-refractivity contribution in [2.75, 3.05) is 13.1 Å². The van der Waals surface area contributed by atoms with E-state index < -0.39 is 5.60 Å². The number of nitrogens with zero attached hydrogens (tertiary/aromatic N) is 3. The summed E-state index contributed by atoms with van der Waals surface area (Å²) in [7, 11) is 0. The zero-order chi connectivity index (χ0) is 18.9. The van der Waals surface area contributed by atoms with Crippen molar-refractivity contribution in [2.24, 2.45) is 0 Å². The van der Waals surface area contributed by atoms with Crippen LogP contribution in [0.1, 0.15) is 41.2 Å². The Morgan fingerprint density at radius 3 is 2.54 bits per heavy atom. The number of H-pyrrole nitrogens is 1. The summed E-state index contributed by atoms with van der Waals surface area (Å²) < 4.78 is 0. The minimum atomic E-state index is -1.01. The number of aryl methyl sites for hydroxylation is 3. The van der Waals surface area contributed by atoms with Gasteiger partial charge in [0.2, 0.25) is 5.91 Å². The molecule has 0 atom stereocenters. The van der Waals surface area contributed by atoms with Crippen LogP contribution in [-0.2, 0) is 16.8 Å². The third kappa shape index (κ3) is 3.67. The van der Waals surface area contributed by atoms with E-state index in [2.05, 4.69) is 15.0 Å². The van der Waals surface area contributed by atoms with E-state index in [1.54, 1.807) is 24.9 Å². The molecule has 1 fully saturated rings. The Balaban J connectivity index is 1.67. The van der Waals surface area contributed by atoms with Gasteiger partial charge >= 0.3 is 0 Å². The lowest BCUT2D eigenvalue weighted by molar-refractivity contribution is -0.135. The molecule has 2 N–H and O–H groups in total. The number of piperidine rings is 1. The van der Waals surface area contributed by atoms with Gasteiger partial charge < -0.3 is 15.0 Å². The standard InChI is InChI=1S/C19H24N4O3/c1-12-4-5-16(20-11-12)19(26)6-8-23(9-7-19)17(24)10-15-13(2)21-14(3)22-18(15)25/h4-5,11,26H,6-10H2,1-3H3,(H,21,22,25). The number of pyridine rings is 1. The molecule has 7 heteroatoms. The van der Waals surface area contributed by atoms with Crippen LogP contribution in [0.4, 0.5) is 0 Å². The Kier molecular flexibility index (Phi) is 4.91. The number of carbonyl (C=O) groups excluding carboxylic acids is 1. The van der Waals surface area contributed by atoms with Gasteiger partial charge in [0.1, 0.15) is 11.4 Å². The van der Waals surface area contributed by atoms with E-state index in [0.29, 0.717) is 48.7 Å². The second-order valence-electron chi connectivity index (χ2n) is 7.03. The van der Waals surface area contributed by atoms with E-state index in [1.807, 2.05) is 19.1 Å². The molecule has 1 aliphatic rings. The number of carbonyl (C=O) groups is 1. The van der Waals surface area contributed by atoms with Crippen LogP contribution in [0.5, 0.6) is 0 Å². The Hall–Kier alpha value is -2.54. The Morgan fingerprint density at radius 2 is 1.96 bits per heavy atom. The molecule has 0 aromatic carbocycles. The van der Waals surface area contributed by atoms with Crippen LogP contribution in [0.3, 0.4) is 0 Å². The number of hydrogen-bond donors (Lipinski definition) is 2. The smallest absolute Gasteiger partial charge is 0.254 e. The molecule has 2 aromatic rings. The van der Waals surface area contributed by atoms with E-state index in [1.165, 1.54) is 0 Å². The molecular weight excluding hydrogens is 332 g/mol. The monoisotopic (exact) mass is 356 g/mol. The van der Waals surface area contributed by atoms with E-state index >= 15 is 0 Å². The second-order valence-corrected chi connectivity index (χ2v) is 7.03. The maximum atomic E-state index is 12.6. The summed E-state index contributed by atoms with van der Waals surface area (Å²) in [6.07, 6.45) is 2.62. The summed E-state index contributed by atoms with van der Waals surface area (Å²) >= 11 is 0. The molecule has 3 heterocycles. The van der Waals surface area contributed by atoms with Crippen molar-refractivity contribution in [3.05, 3.63) is 57.0 Å². The van der Waals surface area contributed by atoms with Crippen LogP contribution in [0.15, 0.2) is 23.1 Å². The number of aromatic amines is 1. The number of amides is 1. The van der Waals surface area contributed by atoms with E-state index in [4.69, 9.17) is 0 Å². The first-order valence-corrected chi connectivity index (χ1v) is 8.78. The summed E-state index contributed by atoms with van der Waals surface area (Å²) in [6, 6.07) is 3.77. The van der Waals surface area contributed by atoms with Gasteiger partial charge in [-0.25, -0.2) is 4.98 Å². The van der Waals surface area contributed by atoms with Crippen molar-refractivity contribution >= 4 is 5.91 Å². The number of rotatable bonds is 3. The minimum absolute atomic E-state index is 0.0235. The average molecular weight is 356 g/mol. The van der Waals surface area contributed by atoms with Gasteiger partial charge in [0.25, 0.3) is 5.56 Å². The zero-order valence-corrected chi connectivity index (χ0v) is 15.4. The fourth-order valence-electron chi connectivity index (χ4n) is 3.35. The molecule has 2 aromatic heterocycles. The highest BCUT2D eigenvalue weighted by atomic mass is 16.3. The first-order chi connectivity index (χ1) is 12.3. The third-order valence-corrected chi connectivity index (χ3v) is 5.00. The van der Waals surface area contributed by atoms with Gasteiger partial charge in [-0.15, -0.1) is 0 Å². The maximum Gasteiger partial charge on any atom is 0.254 e. The van der Waals surface area contributed by atoms with Crippen LogP contribution in [0, 0.1) is 20.8 Å². The third-order valence-electron chi connectivity index (χ3n) is 5.00. The zero-order valence-electron chi connectivity index (χ0n) is 15.4. The van der Waals surface area contributed by atoms with Gasteiger partial charge in [-0.05, 0) is 45.2 Å². The number of likely N-dealkylation sites (tertiary alicyclic amines) is 1. The summed E-state index contributed by atoms with van der Waals surface area (Å²) in [4.78, 5) is 37.6. The average Bonchev–Trinajstić information content (AvgIpc) is 2.59. The molecule has 0 aliphatic carbocycles. The van der Waals surface area contributed by atoms with Gasteiger partial charge in [-0.3, -0.25) is 14.6 Å². The first kappa shape index (κ1) is 18.3. The highest BCUT2D eigenvalue weighted by molar-refractivity contribution is 5.79. The molecule has 1 saturated heterocycles. The van der Waals surface area contributed by atoms with E-state index in [-0.39, 0.29) is 17.9 Å². The van der Waals surface area contributed by atoms with Crippen LogP contribution >= 0.6 is 0 Å². The van der Waals surface area contributed by atoms with Crippen LogP contribution in [0.2, 0.25) is 0 Å². The van der Waals surface area contributed by atoms with Crippen LogP contribution in [0.25, 0.3) is 0 Å². The van der Waals surface area contributed by atoms with Crippen LogP contribution in [-0.4, -0.2) is 44.0 Å². The molecule has 0 bridgehead atoms. The molecular formula is C19H24N4O3. The lowest BCUT2D eigenvalue weighted by Crippen LogP contribution is -2.46. The fourth-order valence-corrected chi connectivity index (χ4v) is 3.35. The summed E-state index contributed by atoms with van der Waals surface area (Å²) in [6.45, 7) is 6.27. The van der Waals surface area contributed by atoms with Crippen LogP contribution < -0.4 is 5.56 Å².